The number of hydrogen-bond acceptors (Lipinski definition) is 2. The van der Waals surface area contributed by atoms with Gasteiger partial charge in [-0.25, -0.2) is 4.39 Å². The summed E-state index contributed by atoms with van der Waals surface area (Å²) >= 11 is 0. The highest BCUT2D eigenvalue weighted by molar-refractivity contribution is 5.77. The van der Waals surface area contributed by atoms with Gasteiger partial charge >= 0.3 is 0 Å². The van der Waals surface area contributed by atoms with Crippen LogP contribution < -0.4 is 0 Å². The van der Waals surface area contributed by atoms with Crippen molar-refractivity contribution in [2.24, 2.45) is 7.05 Å². The number of amides is 1. The maximum atomic E-state index is 14.4. The molecule has 1 aromatic heterocycles. The summed E-state index contributed by atoms with van der Waals surface area (Å²) in [5.74, 6) is -0.641. The molecule has 1 amide bonds. The third kappa shape index (κ3) is 4.42. The van der Waals surface area contributed by atoms with E-state index in [1.54, 1.807) is 28.8 Å². The van der Waals surface area contributed by atoms with Gasteiger partial charge in [0.25, 0.3) is 0 Å². The molecule has 3 aromatic rings. The fourth-order valence-corrected chi connectivity index (χ4v) is 3.33. The number of aromatic nitrogens is 2. The Morgan fingerprint density at radius 3 is 2.44 bits per heavy atom. The van der Waals surface area contributed by atoms with Crippen LogP contribution in [0.5, 0.6) is 0 Å². The highest BCUT2D eigenvalue weighted by Gasteiger charge is 2.23. The van der Waals surface area contributed by atoms with E-state index in [2.05, 4.69) is 5.10 Å². The largest absolute Gasteiger partial charge is 0.341 e. The molecule has 0 spiro atoms. The Bertz CT molecular complexity index is 920. The maximum Gasteiger partial charge on any atom is 0.223 e. The molecule has 0 unspecified atom stereocenters. The fraction of sp³-hybridized carbons (Fsp3) is 0.273. The second-order valence-corrected chi connectivity index (χ2v) is 6.85. The molecule has 2 aromatic carbocycles. The Morgan fingerprint density at radius 1 is 1.15 bits per heavy atom. The molecule has 0 fully saturated rings. The molecular weight excluding hydrogens is 341 g/mol. The highest BCUT2D eigenvalue weighted by atomic mass is 19.1. The van der Waals surface area contributed by atoms with Crippen LogP contribution in [0.15, 0.2) is 60.8 Å². The van der Waals surface area contributed by atoms with Gasteiger partial charge in [0, 0.05) is 44.7 Å². The summed E-state index contributed by atoms with van der Waals surface area (Å²) in [5, 5.41) is 4.32. The van der Waals surface area contributed by atoms with Gasteiger partial charge in [-0.3, -0.25) is 9.48 Å². The topological polar surface area (TPSA) is 38.1 Å². The summed E-state index contributed by atoms with van der Waals surface area (Å²) in [4.78, 5) is 14.6. The van der Waals surface area contributed by atoms with E-state index in [4.69, 9.17) is 0 Å². The molecule has 0 saturated carbocycles. The van der Waals surface area contributed by atoms with Crippen molar-refractivity contribution in [2.45, 2.75) is 25.8 Å². The molecule has 140 valence electrons. The summed E-state index contributed by atoms with van der Waals surface area (Å²) in [6, 6.07) is 16.3. The lowest BCUT2D eigenvalue weighted by atomic mass is 9.87. The first kappa shape index (κ1) is 18.8. The van der Waals surface area contributed by atoms with Crippen LogP contribution in [0.3, 0.4) is 0 Å². The van der Waals surface area contributed by atoms with E-state index in [0.29, 0.717) is 12.1 Å². The predicted octanol–water partition coefficient (Wildman–Crippen LogP) is 4.05. The Hall–Kier alpha value is -2.95. The lowest BCUT2D eigenvalue weighted by molar-refractivity contribution is -0.130. The number of benzene rings is 2. The van der Waals surface area contributed by atoms with Crippen molar-refractivity contribution in [2.75, 3.05) is 7.05 Å². The van der Waals surface area contributed by atoms with Crippen LogP contribution in [0.4, 0.5) is 4.39 Å². The molecule has 0 N–H and O–H groups in total. The first-order valence-corrected chi connectivity index (χ1v) is 8.98. The highest BCUT2D eigenvalue weighted by Crippen LogP contribution is 2.30. The normalized spacial score (nSPS) is 12.0. The Balaban J connectivity index is 1.82. The van der Waals surface area contributed by atoms with Gasteiger partial charge in [0.05, 0.1) is 5.69 Å². The van der Waals surface area contributed by atoms with E-state index < -0.39 is 0 Å². The van der Waals surface area contributed by atoms with Crippen molar-refractivity contribution >= 4 is 5.91 Å². The van der Waals surface area contributed by atoms with E-state index in [9.17, 15) is 9.18 Å². The number of nitrogens with zero attached hydrogens (tertiary/aromatic N) is 3. The minimum atomic E-state index is -0.322. The van der Waals surface area contributed by atoms with Crippen LogP contribution in [-0.4, -0.2) is 27.6 Å². The van der Waals surface area contributed by atoms with Crippen LogP contribution in [0.2, 0.25) is 0 Å². The average Bonchev–Trinajstić information content (AvgIpc) is 2.98. The number of aryl methyl sites for hydroxylation is 2. The SMILES string of the molecule is Cc1nn(C)cc1CN(C)C(=O)C[C@H](c1ccccc1)c1ccccc1F. The van der Waals surface area contributed by atoms with E-state index in [0.717, 1.165) is 16.8 Å². The fourth-order valence-electron chi connectivity index (χ4n) is 3.33. The summed E-state index contributed by atoms with van der Waals surface area (Å²) in [6.45, 7) is 2.41. The van der Waals surface area contributed by atoms with Crippen LogP contribution in [0.1, 0.15) is 34.7 Å². The molecule has 1 heterocycles. The van der Waals surface area contributed by atoms with Crippen LogP contribution >= 0.6 is 0 Å². The molecule has 0 saturated heterocycles. The third-order valence-corrected chi connectivity index (χ3v) is 4.81. The van der Waals surface area contributed by atoms with Crippen LogP contribution in [-0.2, 0) is 18.4 Å². The quantitative estimate of drug-likeness (QED) is 0.661. The molecule has 0 aliphatic rings. The van der Waals surface area contributed by atoms with Gasteiger partial charge < -0.3 is 4.90 Å². The summed E-state index contributed by atoms with van der Waals surface area (Å²) < 4.78 is 16.2. The zero-order chi connectivity index (χ0) is 19.4. The molecular formula is C22H24FN3O. The second kappa shape index (κ2) is 8.16. The zero-order valence-corrected chi connectivity index (χ0v) is 15.9. The molecule has 5 heteroatoms. The number of carbonyl (C=O) groups is 1. The lowest BCUT2D eigenvalue weighted by Gasteiger charge is -2.23. The van der Waals surface area contributed by atoms with Crippen molar-refractivity contribution in [3.63, 3.8) is 0 Å². The molecule has 0 radical (unpaired) electrons. The Morgan fingerprint density at radius 2 is 1.81 bits per heavy atom. The van der Waals surface area contributed by atoms with Crippen molar-refractivity contribution < 1.29 is 9.18 Å². The lowest BCUT2D eigenvalue weighted by Crippen LogP contribution is -2.28. The average molecular weight is 365 g/mol. The van der Waals surface area contributed by atoms with Gasteiger partial charge in [-0.05, 0) is 24.1 Å². The minimum Gasteiger partial charge on any atom is -0.341 e. The van der Waals surface area contributed by atoms with Crippen molar-refractivity contribution in [3.05, 3.63) is 89.0 Å². The molecule has 1 atom stereocenters. The van der Waals surface area contributed by atoms with Crippen LogP contribution in [0.25, 0.3) is 0 Å². The van der Waals surface area contributed by atoms with E-state index in [-0.39, 0.29) is 24.1 Å². The summed E-state index contributed by atoms with van der Waals surface area (Å²) in [6.07, 6.45) is 2.13. The van der Waals surface area contributed by atoms with Crippen molar-refractivity contribution in [1.29, 1.82) is 0 Å². The molecule has 27 heavy (non-hydrogen) atoms. The van der Waals surface area contributed by atoms with E-state index >= 15 is 0 Å². The van der Waals surface area contributed by atoms with E-state index in [1.807, 2.05) is 56.6 Å². The number of carbonyl (C=O) groups excluding carboxylic acids is 1. The standard InChI is InChI=1S/C22H24FN3O/c1-16-18(15-26(3)24-16)14-25(2)22(27)13-20(17-9-5-4-6-10-17)19-11-7-8-12-21(19)23/h4-12,15,20H,13-14H2,1-3H3/t20-/m1/s1. The van der Waals surface area contributed by atoms with Crippen molar-refractivity contribution in [3.8, 4) is 0 Å². The minimum absolute atomic E-state index is 0.0321. The van der Waals surface area contributed by atoms with Crippen LogP contribution in [0, 0.1) is 12.7 Å². The summed E-state index contributed by atoms with van der Waals surface area (Å²) in [5.41, 5.74) is 3.39. The third-order valence-electron chi connectivity index (χ3n) is 4.81. The van der Waals surface area contributed by atoms with Gasteiger partial charge in [0.2, 0.25) is 5.91 Å². The molecule has 0 aliphatic heterocycles. The van der Waals surface area contributed by atoms with Gasteiger partial charge in [0.15, 0.2) is 0 Å². The van der Waals surface area contributed by atoms with Gasteiger partial charge in [-0.1, -0.05) is 48.5 Å². The maximum absolute atomic E-state index is 14.4. The monoisotopic (exact) mass is 365 g/mol. The van der Waals surface area contributed by atoms with Gasteiger partial charge in [-0.2, -0.15) is 5.10 Å². The molecule has 0 aliphatic carbocycles. The zero-order valence-electron chi connectivity index (χ0n) is 15.9. The first-order valence-electron chi connectivity index (χ1n) is 8.98. The number of hydrogen-bond donors (Lipinski definition) is 0. The Kier molecular flexibility index (Phi) is 5.69. The summed E-state index contributed by atoms with van der Waals surface area (Å²) in [7, 11) is 3.64. The van der Waals surface area contributed by atoms with Gasteiger partial charge in [-0.15, -0.1) is 0 Å². The first-order chi connectivity index (χ1) is 13.0. The smallest absolute Gasteiger partial charge is 0.223 e. The molecule has 3 rings (SSSR count). The molecule has 4 nitrogen and oxygen atoms in total. The number of halogens is 1. The van der Waals surface area contributed by atoms with E-state index in [1.165, 1.54) is 6.07 Å². The van der Waals surface area contributed by atoms with Crippen molar-refractivity contribution in [1.82, 2.24) is 14.7 Å². The predicted molar refractivity (Wildman–Crippen MR) is 104 cm³/mol. The van der Waals surface area contributed by atoms with Gasteiger partial charge in [0.1, 0.15) is 5.82 Å². The molecule has 0 bridgehead atoms. The number of rotatable bonds is 6. The Labute approximate surface area is 159 Å². The second-order valence-electron chi connectivity index (χ2n) is 6.85.